The van der Waals surface area contributed by atoms with Crippen molar-refractivity contribution in [2.75, 3.05) is 12.8 Å². The van der Waals surface area contributed by atoms with Gasteiger partial charge in [0, 0.05) is 6.54 Å². The molecule has 0 saturated carbocycles. The summed E-state index contributed by atoms with van der Waals surface area (Å²) in [6, 6.07) is 2.26. The summed E-state index contributed by atoms with van der Waals surface area (Å²) >= 11 is 0. The average Bonchev–Trinajstić information content (AvgIpc) is 3.13. The van der Waals surface area contributed by atoms with Crippen molar-refractivity contribution in [1.29, 1.82) is 0 Å². The van der Waals surface area contributed by atoms with Crippen LogP contribution in [0.5, 0.6) is 0 Å². The molecular weight excluding hydrogens is 433 g/mol. The summed E-state index contributed by atoms with van der Waals surface area (Å²) in [5.74, 6) is -1.65. The Hall–Kier alpha value is -1.92. The van der Waals surface area contributed by atoms with Gasteiger partial charge in [-0.3, -0.25) is 4.79 Å². The summed E-state index contributed by atoms with van der Waals surface area (Å²) in [7, 11) is -8.38. The van der Waals surface area contributed by atoms with Crippen molar-refractivity contribution < 1.29 is 34.8 Å². The molecular formula is C17H19F3N2O5S2. The minimum absolute atomic E-state index is 0.0338. The zero-order valence-electron chi connectivity index (χ0n) is 15.5. The molecule has 0 N–H and O–H groups in total. The molecule has 0 unspecified atom stereocenters. The van der Waals surface area contributed by atoms with E-state index in [2.05, 4.69) is 0 Å². The molecule has 1 aromatic carbocycles. The van der Waals surface area contributed by atoms with Crippen LogP contribution in [-0.2, 0) is 31.0 Å². The average molecular weight is 452 g/mol. The lowest BCUT2D eigenvalue weighted by molar-refractivity contribution is -0.137. The number of amides is 1. The molecule has 0 spiro atoms. The second-order valence-corrected chi connectivity index (χ2v) is 10.7. The van der Waals surface area contributed by atoms with Crippen LogP contribution in [0, 0.1) is 5.92 Å². The van der Waals surface area contributed by atoms with E-state index in [1.54, 1.807) is 6.92 Å². The van der Waals surface area contributed by atoms with E-state index in [0.29, 0.717) is 16.8 Å². The van der Waals surface area contributed by atoms with E-state index < -0.39 is 54.5 Å². The van der Waals surface area contributed by atoms with Crippen molar-refractivity contribution >= 4 is 26.0 Å². The third-order valence-electron chi connectivity index (χ3n) is 4.93. The molecule has 2 atom stereocenters. The van der Waals surface area contributed by atoms with Crippen molar-refractivity contribution in [2.45, 2.75) is 36.9 Å². The van der Waals surface area contributed by atoms with Gasteiger partial charge >= 0.3 is 6.18 Å². The summed E-state index contributed by atoms with van der Waals surface area (Å²) in [4.78, 5) is 12.1. The Morgan fingerprint density at radius 1 is 1.17 bits per heavy atom. The molecule has 0 aliphatic carbocycles. The third kappa shape index (κ3) is 3.68. The minimum Gasteiger partial charge on any atom is -0.273 e. The number of nitrogens with zero attached hydrogens (tertiary/aromatic N) is 2. The number of hydrogen-bond acceptors (Lipinski definition) is 5. The monoisotopic (exact) mass is 452 g/mol. The standard InChI is InChI=1S/C17H19F3N2O5S2/c1-3-5-13-15-14(22(16(13)23)28(2,24)25)8-9-21(15)29(26,27)12-7-4-6-11(10-12)17(18,19)20/h4,6-8,10,13,15H,3,5,9H2,1-2H3/t13-,15-/m1/s1. The second-order valence-electron chi connectivity index (χ2n) is 6.93. The maximum Gasteiger partial charge on any atom is 0.416 e. The Balaban J connectivity index is 2.06. The number of sulfonamides is 2. The van der Waals surface area contributed by atoms with Crippen LogP contribution in [0.2, 0.25) is 0 Å². The zero-order valence-corrected chi connectivity index (χ0v) is 17.2. The first-order chi connectivity index (χ1) is 13.3. The SMILES string of the molecule is CCC[C@H]1C(=O)N(S(C)(=O)=O)C2=CCN(S(=O)(=O)c3cccc(C(F)(F)F)c3)[C@@H]21. The lowest BCUT2D eigenvalue weighted by Gasteiger charge is -2.26. The normalized spacial score (nSPS) is 23.4. The number of benzene rings is 1. The number of hydrogen-bond donors (Lipinski definition) is 0. The molecule has 1 fully saturated rings. The molecule has 0 bridgehead atoms. The number of halogens is 3. The molecule has 1 amide bonds. The van der Waals surface area contributed by atoms with Gasteiger partial charge in [0.2, 0.25) is 26.0 Å². The number of alkyl halides is 3. The van der Waals surface area contributed by atoms with Crippen LogP contribution in [0.3, 0.4) is 0 Å². The minimum atomic E-state index is -4.72. The van der Waals surface area contributed by atoms with Crippen molar-refractivity contribution in [3.63, 3.8) is 0 Å². The summed E-state index contributed by atoms with van der Waals surface area (Å²) < 4.78 is 90.9. The van der Waals surface area contributed by atoms with Crippen LogP contribution in [0.15, 0.2) is 40.9 Å². The molecule has 0 aromatic heterocycles. The van der Waals surface area contributed by atoms with E-state index in [-0.39, 0.29) is 18.7 Å². The second kappa shape index (κ2) is 7.10. The highest BCUT2D eigenvalue weighted by Gasteiger charge is 2.55. The van der Waals surface area contributed by atoms with Crippen LogP contribution < -0.4 is 0 Å². The van der Waals surface area contributed by atoms with E-state index in [1.807, 2.05) is 0 Å². The number of rotatable bonds is 5. The van der Waals surface area contributed by atoms with Crippen LogP contribution in [0.25, 0.3) is 0 Å². The molecule has 1 aromatic rings. The van der Waals surface area contributed by atoms with Crippen molar-refractivity contribution in [3.05, 3.63) is 41.6 Å². The van der Waals surface area contributed by atoms with Gasteiger partial charge in [0.1, 0.15) is 0 Å². The summed E-state index contributed by atoms with van der Waals surface area (Å²) in [6.45, 7) is 1.53. The Bertz CT molecular complexity index is 1080. The Labute approximate surface area is 166 Å². The topological polar surface area (TPSA) is 91.8 Å². The Kier molecular flexibility index (Phi) is 5.33. The van der Waals surface area contributed by atoms with Gasteiger partial charge in [-0.05, 0) is 30.7 Å². The molecule has 1 saturated heterocycles. The van der Waals surface area contributed by atoms with Gasteiger partial charge in [-0.1, -0.05) is 19.4 Å². The van der Waals surface area contributed by atoms with E-state index in [0.717, 1.165) is 28.8 Å². The molecule has 0 radical (unpaired) electrons. The Morgan fingerprint density at radius 3 is 2.38 bits per heavy atom. The third-order valence-corrected chi connectivity index (χ3v) is 7.82. The van der Waals surface area contributed by atoms with E-state index >= 15 is 0 Å². The molecule has 2 aliphatic rings. The van der Waals surface area contributed by atoms with Gasteiger partial charge in [0.25, 0.3) is 0 Å². The number of carbonyl (C=O) groups is 1. The fraction of sp³-hybridized carbons (Fsp3) is 0.471. The van der Waals surface area contributed by atoms with Crippen LogP contribution in [-0.4, -0.2) is 50.2 Å². The highest BCUT2D eigenvalue weighted by molar-refractivity contribution is 7.89. The lowest BCUT2D eigenvalue weighted by atomic mass is 9.97. The van der Waals surface area contributed by atoms with Gasteiger partial charge in [-0.15, -0.1) is 0 Å². The van der Waals surface area contributed by atoms with Crippen molar-refractivity contribution in [2.24, 2.45) is 5.92 Å². The maximum atomic E-state index is 13.1. The highest BCUT2D eigenvalue weighted by atomic mass is 32.2. The van der Waals surface area contributed by atoms with Crippen molar-refractivity contribution in [3.8, 4) is 0 Å². The van der Waals surface area contributed by atoms with Crippen LogP contribution in [0.4, 0.5) is 13.2 Å². The van der Waals surface area contributed by atoms with Crippen LogP contribution >= 0.6 is 0 Å². The summed E-state index contributed by atoms with van der Waals surface area (Å²) in [5.41, 5.74) is -1.08. The Morgan fingerprint density at radius 2 is 1.83 bits per heavy atom. The number of carbonyl (C=O) groups excluding carboxylic acids is 1. The van der Waals surface area contributed by atoms with E-state index in [4.69, 9.17) is 0 Å². The molecule has 160 valence electrons. The number of fused-ring (bicyclic) bond motifs is 1. The molecule has 7 nitrogen and oxygen atoms in total. The first kappa shape index (κ1) is 21.8. The molecule has 2 heterocycles. The quantitative estimate of drug-likeness (QED) is 0.683. The summed E-state index contributed by atoms with van der Waals surface area (Å²) in [6.07, 6.45) is -1.82. The first-order valence-electron chi connectivity index (χ1n) is 8.73. The van der Waals surface area contributed by atoms with Gasteiger partial charge in [0.15, 0.2) is 0 Å². The lowest BCUT2D eigenvalue weighted by Crippen LogP contribution is -2.41. The highest BCUT2D eigenvalue weighted by Crippen LogP contribution is 2.42. The van der Waals surface area contributed by atoms with Gasteiger partial charge in [-0.2, -0.15) is 17.5 Å². The smallest absolute Gasteiger partial charge is 0.273 e. The molecule has 12 heteroatoms. The molecule has 29 heavy (non-hydrogen) atoms. The fourth-order valence-corrected chi connectivity index (χ4v) is 6.40. The molecule has 3 rings (SSSR count). The fourth-order valence-electron chi connectivity index (χ4n) is 3.75. The predicted molar refractivity (Wildman–Crippen MR) is 97.3 cm³/mol. The zero-order chi connectivity index (χ0) is 21.8. The maximum absolute atomic E-state index is 13.1. The molecule has 2 aliphatic heterocycles. The van der Waals surface area contributed by atoms with Crippen LogP contribution in [0.1, 0.15) is 25.3 Å². The largest absolute Gasteiger partial charge is 0.416 e. The van der Waals surface area contributed by atoms with Crippen molar-refractivity contribution in [1.82, 2.24) is 8.61 Å². The van der Waals surface area contributed by atoms with E-state index in [1.165, 1.54) is 6.08 Å². The predicted octanol–water partition coefficient (Wildman–Crippen LogP) is 2.18. The summed E-state index contributed by atoms with van der Waals surface area (Å²) in [5, 5.41) is 0. The first-order valence-corrected chi connectivity index (χ1v) is 12.0. The van der Waals surface area contributed by atoms with E-state index in [9.17, 15) is 34.8 Å². The van der Waals surface area contributed by atoms with Gasteiger partial charge in [-0.25, -0.2) is 21.1 Å². The van der Waals surface area contributed by atoms with Gasteiger partial charge in [0.05, 0.1) is 34.4 Å². The van der Waals surface area contributed by atoms with Gasteiger partial charge < -0.3 is 0 Å².